The number of anilines is 10. The van der Waals surface area contributed by atoms with Crippen LogP contribution in [0.25, 0.3) is 16.8 Å². The van der Waals surface area contributed by atoms with Crippen molar-refractivity contribution < 1.29 is 14.7 Å². The molecular weight excluding hydrogens is 1050 g/mol. The van der Waals surface area contributed by atoms with Gasteiger partial charge in [-0.2, -0.15) is 19.6 Å². The number of piperidine rings is 1. The van der Waals surface area contributed by atoms with Gasteiger partial charge in [-0.25, -0.2) is 9.97 Å². The van der Waals surface area contributed by atoms with Crippen LogP contribution in [0, 0.1) is 0 Å². The number of nitrogens with one attached hydrogen (secondary N) is 7. The van der Waals surface area contributed by atoms with Gasteiger partial charge in [0.15, 0.2) is 22.6 Å². The fraction of sp³-hybridized carbons (Fsp3) is 0.308. The number of rotatable bonds is 22. The molecule has 2 amide bonds. The molecule has 1 aliphatic carbocycles. The molecule has 19 nitrogen and oxygen atoms in total. The first-order chi connectivity index (χ1) is 40.7. The van der Waals surface area contributed by atoms with Gasteiger partial charge in [-0.05, 0) is 183 Å². The van der Waals surface area contributed by atoms with Crippen LogP contribution in [-0.2, 0) is 6.42 Å². The van der Waals surface area contributed by atoms with Crippen LogP contribution < -0.4 is 42.1 Å². The second-order valence-electron chi connectivity index (χ2n) is 21.7. The number of aliphatic hydroxyl groups is 1. The highest BCUT2D eigenvalue weighted by Crippen LogP contribution is 2.33. The summed E-state index contributed by atoms with van der Waals surface area (Å²) in [4.78, 5) is 50.0. The van der Waals surface area contributed by atoms with Gasteiger partial charge in [0, 0.05) is 106 Å². The minimum absolute atomic E-state index is 0.128. The van der Waals surface area contributed by atoms with Crippen LogP contribution in [0.3, 0.4) is 0 Å². The summed E-state index contributed by atoms with van der Waals surface area (Å²) < 4.78 is 3.89. The van der Waals surface area contributed by atoms with Crippen LogP contribution in [-0.4, -0.2) is 101 Å². The van der Waals surface area contributed by atoms with Gasteiger partial charge in [-0.1, -0.05) is 45.4 Å². The minimum Gasteiger partial charge on any atom is -0.396 e. The summed E-state index contributed by atoms with van der Waals surface area (Å²) in [6.45, 7) is 22.4. The summed E-state index contributed by atoms with van der Waals surface area (Å²) in [6, 6.07) is 32.9. The summed E-state index contributed by atoms with van der Waals surface area (Å²) >= 11 is 0. The lowest BCUT2D eigenvalue weighted by Crippen LogP contribution is -2.41. The monoisotopic (exact) mass is 1130 g/mol. The van der Waals surface area contributed by atoms with Gasteiger partial charge in [0.1, 0.15) is 11.6 Å². The van der Waals surface area contributed by atoms with Crippen molar-refractivity contribution in [1.29, 1.82) is 0 Å². The molecule has 84 heavy (non-hydrogen) atoms. The molecule has 0 bridgehead atoms. The average Bonchev–Trinajstić information content (AvgIpc) is 3.63. The zero-order chi connectivity index (χ0) is 59.3. The lowest BCUT2D eigenvalue weighted by atomic mass is 9.90. The van der Waals surface area contributed by atoms with E-state index in [1.807, 2.05) is 94.1 Å². The molecule has 1 saturated heterocycles. The van der Waals surface area contributed by atoms with E-state index in [1.54, 1.807) is 42.7 Å². The smallest absolute Gasteiger partial charge is 0.255 e. The van der Waals surface area contributed by atoms with E-state index in [9.17, 15) is 14.7 Å². The molecule has 10 rings (SSSR count). The molecule has 0 radical (unpaired) electrons. The van der Waals surface area contributed by atoms with Crippen molar-refractivity contribution in [1.82, 2.24) is 39.0 Å². The van der Waals surface area contributed by atoms with Crippen molar-refractivity contribution in [3.05, 3.63) is 182 Å². The standard InChI is InChI=1S/C33H40N8O.C32H38N8O2/c1-6-22(3)35-25-13-11-24(12-14-25)33(42)38-28-10-8-9-27(19-28)37-31-20-30(39-32-23(7-2)21-34-41(31)32)36-26-15-17-29(18-16-26)40(4)5;1-5-22(4)34-24-14-12-23(13-15-24)31(42)36-26-10-8-9-25(19-26)35-29-28-30(40(20-33-28)21(2)3)38-32(37-29)39-17-7-6-11-27(39)16-18-41/h6,8-14,19-21,26,29,35,37H,1,3,7,15-18H2,2,4-5H3,(H,36,39)(H,38,42);5,8-10,12-15,19-21,27,34,41H,1,4,6-7,11,16-18H2,2-3H3,(H,36,42)(H,35,37,38). The number of hydrogen-bond acceptors (Lipinski definition) is 15. The molecule has 8 N–H and O–H groups in total. The first-order valence-electron chi connectivity index (χ1n) is 28.8. The molecule has 2 fully saturated rings. The Morgan fingerprint density at radius 1 is 0.714 bits per heavy atom. The van der Waals surface area contributed by atoms with Crippen LogP contribution in [0.4, 0.5) is 57.5 Å². The molecule has 19 heteroatoms. The Kier molecular flexibility index (Phi) is 19.5. The molecule has 4 aromatic carbocycles. The predicted octanol–water partition coefficient (Wildman–Crippen LogP) is 12.9. The Labute approximate surface area is 492 Å². The molecule has 4 aromatic heterocycles. The number of hydrogen-bond donors (Lipinski definition) is 8. The first kappa shape index (κ1) is 59.3. The van der Waals surface area contributed by atoms with Gasteiger partial charge >= 0.3 is 0 Å². The van der Waals surface area contributed by atoms with Crippen molar-refractivity contribution in [2.75, 3.05) is 69.4 Å². The van der Waals surface area contributed by atoms with Gasteiger partial charge in [0.2, 0.25) is 5.95 Å². The largest absolute Gasteiger partial charge is 0.396 e. The molecular formula is C65H78N16O3. The zero-order valence-corrected chi connectivity index (χ0v) is 48.8. The minimum atomic E-state index is -0.219. The number of carbonyl (C=O) groups is 2. The number of aliphatic hydroxyl groups excluding tert-OH is 1. The SMILES string of the molecule is C=CC(=C)Nc1ccc(C(=O)Nc2cccc(Nc3cc(NC4CCC(N(C)C)CC4)nc4c(CC)cnn34)c2)cc1.C=CC(=C)Nc1ccc(C(=O)Nc2cccc(Nc3nc(N4CCCCC4CCO)nc4c3ncn4C(C)C)c2)cc1. The van der Waals surface area contributed by atoms with E-state index in [-0.39, 0.29) is 30.5 Å². The Morgan fingerprint density at radius 3 is 1.87 bits per heavy atom. The lowest BCUT2D eigenvalue weighted by molar-refractivity contribution is 0.101. The highest BCUT2D eigenvalue weighted by molar-refractivity contribution is 6.05. The number of allylic oxidation sites excluding steroid dienone is 2. The molecule has 1 unspecified atom stereocenters. The van der Waals surface area contributed by atoms with Crippen LogP contribution in [0.5, 0.6) is 0 Å². The summed E-state index contributed by atoms with van der Waals surface area (Å²) in [6.07, 6.45) is 16.2. The maximum absolute atomic E-state index is 13.0. The third-order valence-corrected chi connectivity index (χ3v) is 15.2. The number of nitrogens with zero attached hydrogens (tertiary/aromatic N) is 9. The summed E-state index contributed by atoms with van der Waals surface area (Å²) in [7, 11) is 4.33. The molecule has 5 heterocycles. The number of aryl methyl sites for hydroxylation is 1. The van der Waals surface area contributed by atoms with E-state index in [2.05, 4.69) is 118 Å². The summed E-state index contributed by atoms with van der Waals surface area (Å²) in [5.74, 6) is 2.45. The van der Waals surface area contributed by atoms with E-state index >= 15 is 0 Å². The Morgan fingerprint density at radius 2 is 1.31 bits per heavy atom. The van der Waals surface area contributed by atoms with Crippen LogP contribution in [0.15, 0.2) is 166 Å². The predicted molar refractivity (Wildman–Crippen MR) is 342 cm³/mol. The van der Waals surface area contributed by atoms with Crippen LogP contribution in [0.2, 0.25) is 0 Å². The first-order valence-corrected chi connectivity index (χ1v) is 28.8. The van der Waals surface area contributed by atoms with Crippen LogP contribution >= 0.6 is 0 Å². The van der Waals surface area contributed by atoms with E-state index in [0.717, 1.165) is 96.3 Å². The molecule has 1 aliphatic heterocycles. The molecule has 1 atom stereocenters. The second kappa shape index (κ2) is 27.6. The molecule has 1 saturated carbocycles. The van der Waals surface area contributed by atoms with Crippen molar-refractivity contribution >= 4 is 86.2 Å². The van der Waals surface area contributed by atoms with Crippen molar-refractivity contribution in [3.63, 3.8) is 0 Å². The van der Waals surface area contributed by atoms with E-state index < -0.39 is 0 Å². The maximum Gasteiger partial charge on any atom is 0.255 e. The molecule has 2 aliphatic rings. The fourth-order valence-electron chi connectivity index (χ4n) is 10.5. The fourth-order valence-corrected chi connectivity index (χ4v) is 10.5. The van der Waals surface area contributed by atoms with Crippen molar-refractivity contribution in [2.24, 2.45) is 0 Å². The van der Waals surface area contributed by atoms with Gasteiger partial charge in [-0.15, -0.1) is 0 Å². The lowest BCUT2D eigenvalue weighted by Gasteiger charge is -2.35. The van der Waals surface area contributed by atoms with Crippen molar-refractivity contribution in [2.45, 2.75) is 103 Å². The number of aromatic nitrogens is 7. The average molecular weight is 1130 g/mol. The third-order valence-electron chi connectivity index (χ3n) is 15.2. The van der Waals surface area contributed by atoms with E-state index in [1.165, 1.54) is 12.8 Å². The zero-order valence-electron chi connectivity index (χ0n) is 48.8. The molecule has 436 valence electrons. The van der Waals surface area contributed by atoms with Gasteiger partial charge in [-0.3, -0.25) is 9.59 Å². The van der Waals surface area contributed by atoms with E-state index in [4.69, 9.17) is 15.0 Å². The highest BCUT2D eigenvalue weighted by Gasteiger charge is 2.27. The molecule has 0 spiro atoms. The Balaban J connectivity index is 0.000000202. The summed E-state index contributed by atoms with van der Waals surface area (Å²) in [5, 5.41) is 37.1. The number of imidazole rings is 1. The Hall–Kier alpha value is -9.33. The molecule has 8 aromatic rings. The quantitative estimate of drug-likeness (QED) is 0.0296. The number of fused-ring (bicyclic) bond motifs is 2. The highest BCUT2D eigenvalue weighted by atomic mass is 16.3. The second-order valence-corrected chi connectivity index (χ2v) is 21.7. The van der Waals surface area contributed by atoms with Gasteiger partial charge in [0.25, 0.3) is 11.8 Å². The van der Waals surface area contributed by atoms with Gasteiger partial charge < -0.3 is 56.7 Å². The third kappa shape index (κ3) is 14.8. The topological polar surface area (TPSA) is 219 Å². The summed E-state index contributed by atoms with van der Waals surface area (Å²) in [5.41, 5.74) is 10.4. The number of amides is 2. The van der Waals surface area contributed by atoms with Gasteiger partial charge in [0.05, 0.1) is 12.5 Å². The normalized spacial score (nSPS) is 15.9. The maximum atomic E-state index is 13.0. The Bertz CT molecular complexity index is 3610. The van der Waals surface area contributed by atoms with E-state index in [0.29, 0.717) is 69.7 Å². The van der Waals surface area contributed by atoms with Crippen molar-refractivity contribution in [3.8, 4) is 0 Å². The number of carbonyl (C=O) groups excluding carboxylic acids is 2. The van der Waals surface area contributed by atoms with Crippen LogP contribution in [0.1, 0.15) is 104 Å². The number of benzene rings is 4.